The summed E-state index contributed by atoms with van der Waals surface area (Å²) in [5.41, 5.74) is 2.04. The van der Waals surface area contributed by atoms with Gasteiger partial charge in [0.1, 0.15) is 5.82 Å². The van der Waals surface area contributed by atoms with Gasteiger partial charge < -0.3 is 15.6 Å². The first-order valence-corrected chi connectivity index (χ1v) is 8.64. The maximum absolute atomic E-state index is 13.8. The van der Waals surface area contributed by atoms with Crippen molar-refractivity contribution in [2.24, 2.45) is 0 Å². The quantitative estimate of drug-likeness (QED) is 0.420. The van der Waals surface area contributed by atoms with Crippen LogP contribution in [0, 0.1) is 17.5 Å². The second-order valence-corrected chi connectivity index (χ2v) is 6.15. The maximum Gasteiger partial charge on any atom is 0.224 e. The van der Waals surface area contributed by atoms with Gasteiger partial charge in [0.25, 0.3) is 0 Å². The number of para-hydroxylation sites is 1. The van der Waals surface area contributed by atoms with Crippen molar-refractivity contribution in [3.05, 3.63) is 77.9 Å². The zero-order chi connectivity index (χ0) is 19.5. The van der Waals surface area contributed by atoms with Crippen molar-refractivity contribution < 1.29 is 13.2 Å². The highest BCUT2D eigenvalue weighted by Crippen LogP contribution is 2.23. The minimum Gasteiger partial charge on any atom is -0.361 e. The molecule has 8 heteroatoms. The molecule has 4 rings (SSSR count). The van der Waals surface area contributed by atoms with Crippen LogP contribution in [0.3, 0.4) is 0 Å². The van der Waals surface area contributed by atoms with Crippen molar-refractivity contribution in [3.63, 3.8) is 0 Å². The Hall–Kier alpha value is -3.55. The fourth-order valence-corrected chi connectivity index (χ4v) is 2.92. The average Bonchev–Trinajstić information content (AvgIpc) is 3.12. The van der Waals surface area contributed by atoms with Crippen LogP contribution in [-0.2, 0) is 6.42 Å². The topological polar surface area (TPSA) is 65.6 Å². The van der Waals surface area contributed by atoms with Gasteiger partial charge in [-0.3, -0.25) is 0 Å². The maximum atomic E-state index is 13.8. The summed E-state index contributed by atoms with van der Waals surface area (Å²) in [7, 11) is 0. The fourth-order valence-electron chi connectivity index (χ4n) is 2.92. The molecule has 0 unspecified atom stereocenters. The summed E-state index contributed by atoms with van der Waals surface area (Å²) in [4.78, 5) is 11.6. The summed E-state index contributed by atoms with van der Waals surface area (Å²) in [6.45, 7) is 0.588. The first-order chi connectivity index (χ1) is 13.6. The van der Waals surface area contributed by atoms with E-state index in [0.717, 1.165) is 29.5 Å². The molecule has 0 spiro atoms. The molecular weight excluding hydrogens is 367 g/mol. The molecule has 3 N–H and O–H groups in total. The molecule has 28 heavy (non-hydrogen) atoms. The van der Waals surface area contributed by atoms with Gasteiger partial charge in [-0.15, -0.1) is 0 Å². The second-order valence-electron chi connectivity index (χ2n) is 6.15. The smallest absolute Gasteiger partial charge is 0.224 e. The van der Waals surface area contributed by atoms with E-state index in [1.165, 1.54) is 17.8 Å². The van der Waals surface area contributed by atoms with Gasteiger partial charge in [-0.1, -0.05) is 18.2 Å². The van der Waals surface area contributed by atoms with E-state index in [9.17, 15) is 13.2 Å². The van der Waals surface area contributed by atoms with Crippen molar-refractivity contribution >= 4 is 28.4 Å². The number of benzene rings is 2. The van der Waals surface area contributed by atoms with E-state index in [4.69, 9.17) is 0 Å². The molecule has 0 fully saturated rings. The molecule has 2 aromatic carbocycles. The third-order valence-electron chi connectivity index (χ3n) is 4.31. The Balaban J connectivity index is 1.42. The zero-order valence-corrected chi connectivity index (χ0v) is 14.6. The largest absolute Gasteiger partial charge is 0.361 e. The lowest BCUT2D eigenvalue weighted by molar-refractivity contribution is 0.449. The molecule has 0 saturated heterocycles. The van der Waals surface area contributed by atoms with E-state index in [1.807, 2.05) is 24.4 Å². The van der Waals surface area contributed by atoms with E-state index in [1.54, 1.807) is 0 Å². The molecule has 142 valence electrons. The number of nitrogens with one attached hydrogen (secondary N) is 3. The second kappa shape index (κ2) is 7.59. The molecular formula is C20H16F3N5. The summed E-state index contributed by atoms with van der Waals surface area (Å²) < 4.78 is 40.2. The molecule has 0 atom stereocenters. The van der Waals surface area contributed by atoms with Crippen LogP contribution in [0.1, 0.15) is 5.56 Å². The Morgan fingerprint density at radius 2 is 1.82 bits per heavy atom. The fraction of sp³-hybridized carbons (Fsp3) is 0.100. The Labute approximate surface area is 158 Å². The van der Waals surface area contributed by atoms with E-state index in [-0.39, 0.29) is 11.5 Å². The molecule has 0 aliphatic heterocycles. The number of hydrogen-bond acceptors (Lipinski definition) is 4. The molecule has 0 bridgehead atoms. The number of fused-ring (bicyclic) bond motifs is 1. The minimum absolute atomic E-state index is 0.206. The van der Waals surface area contributed by atoms with Crippen molar-refractivity contribution in [2.75, 3.05) is 17.2 Å². The monoisotopic (exact) mass is 383 g/mol. The summed E-state index contributed by atoms with van der Waals surface area (Å²) in [5, 5.41) is 6.90. The molecule has 5 nitrogen and oxygen atoms in total. The highest BCUT2D eigenvalue weighted by molar-refractivity contribution is 5.83. The van der Waals surface area contributed by atoms with Crippen LogP contribution in [-0.4, -0.2) is 21.5 Å². The standard InChI is InChI=1S/C20H16F3N5/c21-14-5-6-16(19(23)18(14)22)27-17-8-10-25-20(28-17)24-9-7-12-11-26-15-4-2-1-3-13(12)15/h1-6,8,10-11,26H,7,9H2,(H2,24,25,27,28). The van der Waals surface area contributed by atoms with Crippen LogP contribution < -0.4 is 10.6 Å². The van der Waals surface area contributed by atoms with E-state index in [2.05, 4.69) is 31.7 Å². The van der Waals surface area contributed by atoms with Crippen LogP contribution in [0.4, 0.5) is 30.6 Å². The molecule has 0 aliphatic carbocycles. The van der Waals surface area contributed by atoms with Crippen molar-refractivity contribution in [3.8, 4) is 0 Å². The summed E-state index contributed by atoms with van der Waals surface area (Å²) >= 11 is 0. The number of nitrogens with zero attached hydrogens (tertiary/aromatic N) is 2. The van der Waals surface area contributed by atoms with Gasteiger partial charge in [-0.25, -0.2) is 18.2 Å². The lowest BCUT2D eigenvalue weighted by Crippen LogP contribution is -2.09. The summed E-state index contributed by atoms with van der Waals surface area (Å²) in [6.07, 6.45) is 4.21. The predicted octanol–water partition coefficient (Wildman–Crippen LogP) is 4.77. The SMILES string of the molecule is Fc1ccc(Nc2ccnc(NCCc3c[nH]c4ccccc34)n2)c(F)c1F. The summed E-state index contributed by atoms with van der Waals surface area (Å²) in [6, 6.07) is 11.5. The lowest BCUT2D eigenvalue weighted by atomic mass is 10.1. The number of hydrogen-bond donors (Lipinski definition) is 3. The first-order valence-electron chi connectivity index (χ1n) is 8.64. The predicted molar refractivity (Wildman–Crippen MR) is 102 cm³/mol. The van der Waals surface area contributed by atoms with Gasteiger partial charge in [0.2, 0.25) is 5.95 Å². The lowest BCUT2D eigenvalue weighted by Gasteiger charge is -2.09. The van der Waals surface area contributed by atoms with Gasteiger partial charge in [-0.05, 0) is 36.2 Å². The number of rotatable bonds is 6. The normalized spacial score (nSPS) is 11.0. The van der Waals surface area contributed by atoms with Crippen LogP contribution in [0.15, 0.2) is 54.9 Å². The molecule has 0 saturated carbocycles. The number of H-pyrrole nitrogens is 1. The Morgan fingerprint density at radius 1 is 0.964 bits per heavy atom. The Bertz CT molecular complexity index is 1130. The van der Waals surface area contributed by atoms with Crippen LogP contribution >= 0.6 is 0 Å². The third kappa shape index (κ3) is 3.62. The number of halogens is 3. The molecule has 0 radical (unpaired) electrons. The van der Waals surface area contributed by atoms with Gasteiger partial charge >= 0.3 is 0 Å². The van der Waals surface area contributed by atoms with E-state index >= 15 is 0 Å². The Kier molecular flexibility index (Phi) is 4.84. The molecule has 4 aromatic rings. The van der Waals surface area contributed by atoms with Crippen LogP contribution in [0.2, 0.25) is 0 Å². The van der Waals surface area contributed by atoms with E-state index in [0.29, 0.717) is 12.5 Å². The molecule has 0 amide bonds. The van der Waals surface area contributed by atoms with Gasteiger partial charge in [0, 0.05) is 29.8 Å². The van der Waals surface area contributed by atoms with Crippen LogP contribution in [0.25, 0.3) is 10.9 Å². The minimum atomic E-state index is -1.53. The summed E-state index contributed by atoms with van der Waals surface area (Å²) in [5.74, 6) is -3.48. The Morgan fingerprint density at radius 3 is 2.71 bits per heavy atom. The van der Waals surface area contributed by atoms with Gasteiger partial charge in [0.05, 0.1) is 5.69 Å². The van der Waals surface area contributed by atoms with Gasteiger partial charge in [-0.2, -0.15) is 4.98 Å². The molecule has 0 aliphatic rings. The first kappa shape index (κ1) is 17.8. The highest BCUT2D eigenvalue weighted by Gasteiger charge is 2.14. The number of anilines is 3. The molecule has 2 aromatic heterocycles. The van der Waals surface area contributed by atoms with Crippen molar-refractivity contribution in [1.82, 2.24) is 15.0 Å². The van der Waals surface area contributed by atoms with E-state index < -0.39 is 17.5 Å². The van der Waals surface area contributed by atoms with Crippen molar-refractivity contribution in [2.45, 2.75) is 6.42 Å². The highest BCUT2D eigenvalue weighted by atomic mass is 19.2. The number of aromatic nitrogens is 3. The van der Waals surface area contributed by atoms with Crippen molar-refractivity contribution in [1.29, 1.82) is 0 Å². The van der Waals surface area contributed by atoms with Gasteiger partial charge in [0.15, 0.2) is 17.5 Å². The van der Waals surface area contributed by atoms with Crippen LogP contribution in [0.5, 0.6) is 0 Å². The number of aromatic amines is 1. The molecule has 2 heterocycles. The zero-order valence-electron chi connectivity index (χ0n) is 14.6. The third-order valence-corrected chi connectivity index (χ3v) is 4.31. The average molecular weight is 383 g/mol.